The van der Waals surface area contributed by atoms with Crippen LogP contribution >= 0.6 is 0 Å². The van der Waals surface area contributed by atoms with Crippen molar-refractivity contribution in [1.29, 1.82) is 0 Å². The van der Waals surface area contributed by atoms with Gasteiger partial charge in [-0.15, -0.1) is 0 Å². The van der Waals surface area contributed by atoms with Gasteiger partial charge in [-0.05, 0) is 50.4 Å². The summed E-state index contributed by atoms with van der Waals surface area (Å²) >= 11 is 0. The molecule has 23 heavy (non-hydrogen) atoms. The highest BCUT2D eigenvalue weighted by Crippen LogP contribution is 2.19. The van der Waals surface area contributed by atoms with Crippen molar-refractivity contribution in [3.05, 3.63) is 35.4 Å². The Morgan fingerprint density at radius 1 is 1.22 bits per heavy atom. The monoisotopic (exact) mass is 315 g/mol. The third kappa shape index (κ3) is 4.55. The first-order chi connectivity index (χ1) is 11.2. The number of carbonyl (C=O) groups is 1. The highest BCUT2D eigenvalue weighted by molar-refractivity contribution is 5.79. The first kappa shape index (κ1) is 16.5. The van der Waals surface area contributed by atoms with Crippen molar-refractivity contribution < 1.29 is 4.79 Å². The number of piperidine rings is 1. The molecule has 3 rings (SSSR count). The molecule has 2 aliphatic rings. The molecule has 2 heterocycles. The minimum Gasteiger partial charge on any atom is -0.352 e. The maximum absolute atomic E-state index is 12.0. The predicted octanol–water partition coefficient (Wildman–Crippen LogP) is 2.29. The lowest BCUT2D eigenvalue weighted by Gasteiger charge is -2.33. The normalized spacial score (nSPS) is 25.4. The van der Waals surface area contributed by atoms with E-state index in [1.54, 1.807) is 0 Å². The predicted molar refractivity (Wildman–Crippen MR) is 93.0 cm³/mol. The fourth-order valence-corrected chi connectivity index (χ4v) is 3.60. The smallest absolute Gasteiger partial charge is 0.224 e. The molecule has 4 heteroatoms. The number of benzene rings is 1. The number of nitrogens with one attached hydrogen (secondary N) is 2. The van der Waals surface area contributed by atoms with Crippen molar-refractivity contribution in [1.82, 2.24) is 15.5 Å². The second-order valence-corrected chi connectivity index (χ2v) is 7.04. The Bertz CT molecular complexity index is 508. The van der Waals surface area contributed by atoms with Gasteiger partial charge in [-0.1, -0.05) is 30.7 Å². The van der Waals surface area contributed by atoms with Gasteiger partial charge in [0.05, 0.1) is 5.92 Å². The van der Waals surface area contributed by atoms with Gasteiger partial charge < -0.3 is 10.6 Å². The molecule has 0 saturated carbocycles. The lowest BCUT2D eigenvalue weighted by atomic mass is 10.0. The van der Waals surface area contributed by atoms with Crippen molar-refractivity contribution in [3.63, 3.8) is 0 Å². The first-order valence-corrected chi connectivity index (χ1v) is 9.02. The molecule has 126 valence electrons. The Morgan fingerprint density at radius 2 is 2.00 bits per heavy atom. The summed E-state index contributed by atoms with van der Waals surface area (Å²) in [7, 11) is 0. The molecule has 1 aromatic rings. The van der Waals surface area contributed by atoms with Gasteiger partial charge in [0.2, 0.25) is 5.91 Å². The van der Waals surface area contributed by atoms with E-state index in [2.05, 4.69) is 46.7 Å². The zero-order chi connectivity index (χ0) is 16.1. The van der Waals surface area contributed by atoms with Crippen LogP contribution in [0.3, 0.4) is 0 Å². The Morgan fingerprint density at radius 3 is 2.70 bits per heavy atom. The van der Waals surface area contributed by atoms with Crippen molar-refractivity contribution in [2.24, 2.45) is 5.92 Å². The molecular formula is C19H29N3O. The van der Waals surface area contributed by atoms with Gasteiger partial charge in [-0.2, -0.15) is 0 Å². The lowest BCUT2D eigenvalue weighted by Crippen LogP contribution is -2.36. The van der Waals surface area contributed by atoms with Crippen molar-refractivity contribution >= 4 is 5.91 Å². The fraction of sp³-hybridized carbons (Fsp3) is 0.632. The van der Waals surface area contributed by atoms with E-state index in [0.717, 1.165) is 26.1 Å². The number of carbonyl (C=O) groups excluding carboxylic acids is 1. The summed E-state index contributed by atoms with van der Waals surface area (Å²) in [6, 6.07) is 9.41. The third-order valence-corrected chi connectivity index (χ3v) is 5.25. The van der Waals surface area contributed by atoms with Crippen molar-refractivity contribution in [3.8, 4) is 0 Å². The Labute approximate surface area is 139 Å². The molecule has 2 fully saturated rings. The molecular weight excluding hydrogens is 286 g/mol. The van der Waals surface area contributed by atoms with Crippen LogP contribution in [0.2, 0.25) is 0 Å². The molecule has 0 bridgehead atoms. The van der Waals surface area contributed by atoms with Gasteiger partial charge in [0.1, 0.15) is 0 Å². The molecule has 0 radical (unpaired) electrons. The molecule has 0 aliphatic carbocycles. The number of amides is 1. The molecule has 0 aromatic heterocycles. The van der Waals surface area contributed by atoms with E-state index in [4.69, 9.17) is 0 Å². The van der Waals surface area contributed by atoms with Gasteiger partial charge in [-0.25, -0.2) is 0 Å². The second-order valence-electron chi connectivity index (χ2n) is 7.04. The molecule has 0 spiro atoms. The second kappa shape index (κ2) is 7.93. The molecule has 2 atom stereocenters. The number of hydrogen-bond acceptors (Lipinski definition) is 3. The Kier molecular flexibility index (Phi) is 5.68. The minimum absolute atomic E-state index is 0.148. The van der Waals surface area contributed by atoms with Crippen molar-refractivity contribution in [2.75, 3.05) is 19.6 Å². The quantitative estimate of drug-likeness (QED) is 0.876. The van der Waals surface area contributed by atoms with Crippen LogP contribution in [0.1, 0.15) is 43.7 Å². The Balaban J connectivity index is 1.47. The summed E-state index contributed by atoms with van der Waals surface area (Å²) in [5.41, 5.74) is 2.55. The van der Waals surface area contributed by atoms with E-state index >= 15 is 0 Å². The number of nitrogens with zero attached hydrogens (tertiary/aromatic N) is 1. The average Bonchev–Trinajstić information content (AvgIpc) is 3.11. The maximum Gasteiger partial charge on any atom is 0.224 e. The number of hydrogen-bond donors (Lipinski definition) is 2. The summed E-state index contributed by atoms with van der Waals surface area (Å²) in [6.07, 6.45) is 4.97. The topological polar surface area (TPSA) is 44.4 Å². The highest BCUT2D eigenvalue weighted by atomic mass is 16.1. The minimum atomic E-state index is 0.148. The van der Waals surface area contributed by atoms with Gasteiger partial charge >= 0.3 is 0 Å². The van der Waals surface area contributed by atoms with Crippen LogP contribution in [-0.2, 0) is 17.9 Å². The molecule has 2 N–H and O–H groups in total. The lowest BCUT2D eigenvalue weighted by molar-refractivity contribution is -0.124. The van der Waals surface area contributed by atoms with E-state index in [-0.39, 0.29) is 11.8 Å². The van der Waals surface area contributed by atoms with Crippen LogP contribution in [0.15, 0.2) is 24.3 Å². The molecule has 2 saturated heterocycles. The van der Waals surface area contributed by atoms with Crippen LogP contribution in [0.25, 0.3) is 0 Å². The van der Waals surface area contributed by atoms with Crippen molar-refractivity contribution in [2.45, 2.75) is 51.7 Å². The average molecular weight is 315 g/mol. The first-order valence-electron chi connectivity index (χ1n) is 9.02. The summed E-state index contributed by atoms with van der Waals surface area (Å²) in [5.74, 6) is 0.330. The third-order valence-electron chi connectivity index (χ3n) is 5.25. The van der Waals surface area contributed by atoms with E-state index in [1.165, 1.54) is 36.9 Å². The molecule has 2 aliphatic heterocycles. The Hall–Kier alpha value is -1.39. The van der Waals surface area contributed by atoms with Crippen LogP contribution in [0, 0.1) is 5.92 Å². The molecule has 1 aromatic carbocycles. The standard InChI is InChI=1S/C19H29N3O/c1-15-4-2-3-11-22(15)14-17-7-5-16(6-8-17)12-21-19(23)18-9-10-20-13-18/h5-8,15,18,20H,2-4,9-14H2,1H3,(H,21,23). The summed E-state index contributed by atoms with van der Waals surface area (Å²) in [4.78, 5) is 14.6. The molecule has 4 nitrogen and oxygen atoms in total. The van der Waals surface area contributed by atoms with E-state index < -0.39 is 0 Å². The van der Waals surface area contributed by atoms with Gasteiger partial charge in [0.15, 0.2) is 0 Å². The summed E-state index contributed by atoms with van der Waals surface area (Å²) in [5, 5.41) is 6.30. The van der Waals surface area contributed by atoms with Crippen LogP contribution < -0.4 is 10.6 Å². The van der Waals surface area contributed by atoms with Crippen LogP contribution in [0.4, 0.5) is 0 Å². The van der Waals surface area contributed by atoms with Crippen LogP contribution in [0.5, 0.6) is 0 Å². The van der Waals surface area contributed by atoms with E-state index in [0.29, 0.717) is 12.6 Å². The van der Waals surface area contributed by atoms with Gasteiger partial charge in [0, 0.05) is 25.7 Å². The fourth-order valence-electron chi connectivity index (χ4n) is 3.60. The van der Waals surface area contributed by atoms with Gasteiger partial charge in [-0.3, -0.25) is 9.69 Å². The maximum atomic E-state index is 12.0. The zero-order valence-corrected chi connectivity index (χ0v) is 14.2. The molecule has 2 unspecified atom stereocenters. The molecule has 1 amide bonds. The SMILES string of the molecule is CC1CCCCN1Cc1ccc(CNC(=O)C2CCNC2)cc1. The zero-order valence-electron chi connectivity index (χ0n) is 14.2. The summed E-state index contributed by atoms with van der Waals surface area (Å²) < 4.78 is 0. The highest BCUT2D eigenvalue weighted by Gasteiger charge is 2.22. The summed E-state index contributed by atoms with van der Waals surface area (Å²) in [6.45, 7) is 7.01. The number of likely N-dealkylation sites (tertiary alicyclic amines) is 1. The van der Waals surface area contributed by atoms with Crippen LogP contribution in [-0.4, -0.2) is 36.5 Å². The van der Waals surface area contributed by atoms with Gasteiger partial charge in [0.25, 0.3) is 0 Å². The van der Waals surface area contributed by atoms with E-state index in [1.807, 2.05) is 0 Å². The van der Waals surface area contributed by atoms with E-state index in [9.17, 15) is 4.79 Å². The largest absolute Gasteiger partial charge is 0.352 e. The number of rotatable bonds is 5.